The second kappa shape index (κ2) is 7.63. The number of nitrogens with zero attached hydrogens (tertiary/aromatic N) is 3. The maximum Gasteiger partial charge on any atom is 0.289 e. The zero-order valence-electron chi connectivity index (χ0n) is 14.8. The first-order valence-corrected chi connectivity index (χ1v) is 8.65. The highest BCUT2D eigenvalue weighted by Gasteiger charge is 2.34. The van der Waals surface area contributed by atoms with Gasteiger partial charge in [0, 0.05) is 13.5 Å². The highest BCUT2D eigenvalue weighted by atomic mass is 16.5. The van der Waals surface area contributed by atoms with E-state index in [1.165, 1.54) is 6.26 Å². The van der Waals surface area contributed by atoms with Crippen molar-refractivity contribution in [2.24, 2.45) is 0 Å². The van der Waals surface area contributed by atoms with Crippen LogP contribution in [0.15, 0.2) is 51.6 Å². The quantitative estimate of drug-likeness (QED) is 0.632. The number of likely N-dealkylation sites (tertiary alicyclic amines) is 1. The summed E-state index contributed by atoms with van der Waals surface area (Å²) >= 11 is 0. The van der Waals surface area contributed by atoms with Gasteiger partial charge >= 0.3 is 0 Å². The van der Waals surface area contributed by atoms with Crippen molar-refractivity contribution in [1.29, 1.82) is 0 Å². The number of carbonyl (C=O) groups is 1. The van der Waals surface area contributed by atoms with Crippen LogP contribution >= 0.6 is 0 Å². The summed E-state index contributed by atoms with van der Waals surface area (Å²) in [6.45, 7) is 1.52. The molecule has 1 fully saturated rings. The Hall–Kier alpha value is -3.13. The molecule has 3 aromatic rings. The first kappa shape index (κ1) is 17.3. The summed E-state index contributed by atoms with van der Waals surface area (Å²) in [4.78, 5) is 18.3. The number of carbonyl (C=O) groups excluding carboxylic acids is 1. The number of benzene rings is 1. The van der Waals surface area contributed by atoms with Gasteiger partial charge in [-0.25, -0.2) is 0 Å². The predicted octanol–water partition coefficient (Wildman–Crippen LogP) is 2.42. The molecule has 27 heavy (non-hydrogen) atoms. The van der Waals surface area contributed by atoms with Crippen molar-refractivity contribution in [1.82, 2.24) is 15.0 Å². The van der Waals surface area contributed by atoms with Gasteiger partial charge in [0.25, 0.3) is 11.8 Å². The van der Waals surface area contributed by atoms with Crippen molar-refractivity contribution in [3.05, 3.63) is 54.2 Å². The Kier molecular flexibility index (Phi) is 4.88. The van der Waals surface area contributed by atoms with Crippen LogP contribution in [-0.4, -0.2) is 53.9 Å². The summed E-state index contributed by atoms with van der Waals surface area (Å²) in [5, 5.41) is 3.96. The van der Waals surface area contributed by atoms with Gasteiger partial charge in [0.05, 0.1) is 31.5 Å². The first-order chi connectivity index (χ1) is 13.2. The van der Waals surface area contributed by atoms with E-state index in [0.29, 0.717) is 49.3 Å². The third-order valence-electron chi connectivity index (χ3n) is 4.28. The van der Waals surface area contributed by atoms with Crippen LogP contribution in [-0.2, 0) is 11.2 Å². The van der Waals surface area contributed by atoms with Gasteiger partial charge in [-0.3, -0.25) is 4.79 Å². The number of hydrogen-bond acceptors (Lipinski definition) is 7. The summed E-state index contributed by atoms with van der Waals surface area (Å²) in [5.41, 5.74) is 0.726. The van der Waals surface area contributed by atoms with Gasteiger partial charge in [-0.1, -0.05) is 17.3 Å². The molecule has 0 unspecified atom stereocenters. The highest BCUT2D eigenvalue weighted by Crippen LogP contribution is 2.31. The molecule has 1 amide bonds. The fourth-order valence-corrected chi connectivity index (χ4v) is 2.82. The fourth-order valence-electron chi connectivity index (χ4n) is 2.82. The molecule has 8 heteroatoms. The standard InChI is InChI=1S/C19H19N3O5/c1-24-10-8-17-20-18(27-21-17)14-5-2-3-6-15(14)26-13-11-22(12-13)19(23)16-7-4-9-25-16/h2-7,9,13H,8,10-12H2,1H3. The molecule has 2 aromatic heterocycles. The third-order valence-corrected chi connectivity index (χ3v) is 4.28. The van der Waals surface area contributed by atoms with Gasteiger partial charge < -0.3 is 23.3 Å². The van der Waals surface area contributed by atoms with E-state index in [4.69, 9.17) is 18.4 Å². The van der Waals surface area contributed by atoms with Crippen molar-refractivity contribution >= 4 is 5.91 Å². The van der Waals surface area contributed by atoms with Crippen LogP contribution in [0.2, 0.25) is 0 Å². The van der Waals surface area contributed by atoms with Crippen LogP contribution in [0.3, 0.4) is 0 Å². The van der Waals surface area contributed by atoms with Crippen LogP contribution in [0.4, 0.5) is 0 Å². The lowest BCUT2D eigenvalue weighted by molar-refractivity contribution is 0.0157. The molecule has 8 nitrogen and oxygen atoms in total. The molecule has 1 aromatic carbocycles. The van der Waals surface area contributed by atoms with Crippen molar-refractivity contribution in [2.75, 3.05) is 26.8 Å². The first-order valence-electron chi connectivity index (χ1n) is 8.65. The molecule has 0 atom stereocenters. The molecule has 0 N–H and O–H groups in total. The van der Waals surface area contributed by atoms with E-state index in [2.05, 4.69) is 10.1 Å². The molecule has 3 heterocycles. The lowest BCUT2D eigenvalue weighted by atomic mass is 10.1. The smallest absolute Gasteiger partial charge is 0.289 e. The monoisotopic (exact) mass is 369 g/mol. The molecule has 1 aliphatic heterocycles. The lowest BCUT2D eigenvalue weighted by Crippen LogP contribution is -2.56. The number of methoxy groups -OCH3 is 1. The van der Waals surface area contributed by atoms with Gasteiger partial charge in [-0.2, -0.15) is 4.98 Å². The Morgan fingerprint density at radius 3 is 2.89 bits per heavy atom. The number of rotatable bonds is 7. The topological polar surface area (TPSA) is 90.8 Å². The third kappa shape index (κ3) is 3.70. The molecular formula is C19H19N3O5. The Morgan fingerprint density at radius 2 is 2.11 bits per heavy atom. The van der Waals surface area contributed by atoms with Gasteiger partial charge in [-0.05, 0) is 24.3 Å². The highest BCUT2D eigenvalue weighted by molar-refractivity contribution is 5.92. The van der Waals surface area contributed by atoms with Crippen LogP contribution in [0.1, 0.15) is 16.4 Å². The van der Waals surface area contributed by atoms with E-state index in [-0.39, 0.29) is 12.0 Å². The van der Waals surface area contributed by atoms with Gasteiger partial charge in [0.15, 0.2) is 11.6 Å². The summed E-state index contributed by atoms with van der Waals surface area (Å²) in [5.74, 6) is 1.84. The molecule has 0 aliphatic carbocycles. The second-order valence-corrected chi connectivity index (χ2v) is 6.18. The van der Waals surface area contributed by atoms with Crippen LogP contribution in [0.25, 0.3) is 11.5 Å². The lowest BCUT2D eigenvalue weighted by Gasteiger charge is -2.38. The summed E-state index contributed by atoms with van der Waals surface area (Å²) in [7, 11) is 1.63. The van der Waals surface area contributed by atoms with Crippen LogP contribution in [0.5, 0.6) is 5.75 Å². The zero-order valence-corrected chi connectivity index (χ0v) is 14.8. The van der Waals surface area contributed by atoms with E-state index < -0.39 is 0 Å². The number of amides is 1. The molecule has 0 bridgehead atoms. The minimum Gasteiger partial charge on any atom is -0.486 e. The summed E-state index contributed by atoms with van der Waals surface area (Å²) < 4.78 is 21.6. The van der Waals surface area contributed by atoms with Gasteiger partial charge in [0.1, 0.15) is 11.9 Å². The number of para-hydroxylation sites is 1. The average molecular weight is 369 g/mol. The van der Waals surface area contributed by atoms with E-state index >= 15 is 0 Å². The van der Waals surface area contributed by atoms with Crippen LogP contribution in [0, 0.1) is 0 Å². The van der Waals surface area contributed by atoms with Crippen molar-refractivity contribution in [3.8, 4) is 17.2 Å². The normalized spacial score (nSPS) is 14.2. The van der Waals surface area contributed by atoms with Gasteiger partial charge in [-0.15, -0.1) is 0 Å². The minimum atomic E-state index is -0.132. The Morgan fingerprint density at radius 1 is 1.26 bits per heavy atom. The molecule has 0 spiro atoms. The second-order valence-electron chi connectivity index (χ2n) is 6.18. The number of ether oxygens (including phenoxy) is 2. The van der Waals surface area contributed by atoms with E-state index in [1.54, 1.807) is 24.1 Å². The fraction of sp³-hybridized carbons (Fsp3) is 0.316. The van der Waals surface area contributed by atoms with Crippen molar-refractivity contribution < 1.29 is 23.2 Å². The molecule has 140 valence electrons. The maximum atomic E-state index is 12.2. The zero-order chi connectivity index (χ0) is 18.6. The van der Waals surface area contributed by atoms with Crippen LogP contribution < -0.4 is 4.74 Å². The van der Waals surface area contributed by atoms with E-state index in [9.17, 15) is 4.79 Å². The molecule has 4 rings (SSSR count). The summed E-state index contributed by atoms with van der Waals surface area (Å²) in [6, 6.07) is 10.8. The Bertz CT molecular complexity index is 900. The maximum absolute atomic E-state index is 12.2. The van der Waals surface area contributed by atoms with Gasteiger partial charge in [0.2, 0.25) is 0 Å². The Labute approximate surface area is 155 Å². The largest absolute Gasteiger partial charge is 0.486 e. The molecule has 0 saturated carbocycles. The minimum absolute atomic E-state index is 0.0963. The van der Waals surface area contributed by atoms with Crippen molar-refractivity contribution in [3.63, 3.8) is 0 Å². The Balaban J connectivity index is 1.41. The average Bonchev–Trinajstić information content (AvgIpc) is 3.34. The molecular weight excluding hydrogens is 350 g/mol. The number of aromatic nitrogens is 2. The number of hydrogen-bond donors (Lipinski definition) is 0. The molecule has 1 aliphatic rings. The predicted molar refractivity (Wildman–Crippen MR) is 94.3 cm³/mol. The molecule has 1 saturated heterocycles. The molecule has 0 radical (unpaired) electrons. The van der Waals surface area contributed by atoms with Crippen molar-refractivity contribution in [2.45, 2.75) is 12.5 Å². The van der Waals surface area contributed by atoms with E-state index in [1.807, 2.05) is 24.3 Å². The SMILES string of the molecule is COCCc1noc(-c2ccccc2OC2CN(C(=O)c3ccco3)C2)n1. The van der Waals surface area contributed by atoms with E-state index in [0.717, 1.165) is 5.56 Å². The summed E-state index contributed by atoms with van der Waals surface area (Å²) in [6.07, 6.45) is 1.97. The number of furan rings is 1.